The number of nitrogens with zero attached hydrogens (tertiary/aromatic N) is 2. The molecule has 1 amide bonds. The molecule has 0 atom stereocenters. The lowest BCUT2D eigenvalue weighted by molar-refractivity contribution is -0.125. The van der Waals surface area contributed by atoms with Crippen LogP contribution in [-0.2, 0) is 11.2 Å². The molecule has 20 heavy (non-hydrogen) atoms. The van der Waals surface area contributed by atoms with Crippen molar-refractivity contribution < 1.29 is 4.79 Å². The zero-order valence-electron chi connectivity index (χ0n) is 11.7. The van der Waals surface area contributed by atoms with Crippen molar-refractivity contribution in [3.8, 4) is 0 Å². The van der Waals surface area contributed by atoms with Crippen molar-refractivity contribution in [2.45, 2.75) is 19.3 Å². The zero-order chi connectivity index (χ0) is 13.8. The number of nitrogens with one attached hydrogen (secondary N) is 1. The lowest BCUT2D eigenvalue weighted by atomic mass is 9.90. The van der Waals surface area contributed by atoms with Crippen molar-refractivity contribution in [2.24, 2.45) is 10.9 Å². The van der Waals surface area contributed by atoms with Crippen molar-refractivity contribution in [1.29, 1.82) is 0 Å². The highest BCUT2D eigenvalue weighted by Gasteiger charge is 2.26. The first-order valence-corrected chi connectivity index (χ1v) is 7.44. The summed E-state index contributed by atoms with van der Waals surface area (Å²) in [7, 11) is 0. The fourth-order valence-corrected chi connectivity index (χ4v) is 2.98. The van der Waals surface area contributed by atoms with Crippen LogP contribution in [0.5, 0.6) is 0 Å². The Balaban J connectivity index is 1.51. The van der Waals surface area contributed by atoms with E-state index >= 15 is 0 Å². The minimum atomic E-state index is 0.0839. The molecule has 0 saturated carbocycles. The zero-order valence-corrected chi connectivity index (χ0v) is 11.7. The molecule has 0 radical (unpaired) electrons. The predicted molar refractivity (Wildman–Crippen MR) is 79.8 cm³/mol. The number of benzene rings is 1. The highest BCUT2D eigenvalue weighted by Crippen LogP contribution is 2.21. The van der Waals surface area contributed by atoms with E-state index in [0.717, 1.165) is 45.4 Å². The molecule has 1 saturated heterocycles. The Morgan fingerprint density at radius 3 is 2.65 bits per heavy atom. The molecule has 2 aliphatic rings. The summed E-state index contributed by atoms with van der Waals surface area (Å²) in [6, 6.07) is 10.6. The third kappa shape index (κ3) is 3.00. The number of carbonyl (C=O) groups excluding carboxylic acids is 1. The van der Waals surface area contributed by atoms with E-state index in [0.29, 0.717) is 11.8 Å². The summed E-state index contributed by atoms with van der Waals surface area (Å²) in [5, 5.41) is 3.06. The molecule has 0 aliphatic carbocycles. The van der Waals surface area contributed by atoms with E-state index in [1.165, 1.54) is 5.56 Å². The van der Waals surface area contributed by atoms with Crippen LogP contribution >= 0.6 is 0 Å². The number of carbonyl (C=O) groups is 1. The summed E-state index contributed by atoms with van der Waals surface area (Å²) < 4.78 is 0. The molecule has 4 heteroatoms. The molecule has 0 unspecified atom stereocenters. The number of amides is 1. The second-order valence-electron chi connectivity index (χ2n) is 5.58. The maximum atomic E-state index is 12.2. The molecule has 2 heterocycles. The smallest absolute Gasteiger partial charge is 0.288 e. The number of aliphatic imine (C=N–C) groups is 1. The van der Waals surface area contributed by atoms with Crippen LogP contribution in [0, 0.1) is 5.92 Å². The highest BCUT2D eigenvalue weighted by molar-refractivity contribution is 6.38. The molecule has 4 nitrogen and oxygen atoms in total. The molecule has 3 rings (SSSR count). The Morgan fingerprint density at radius 1 is 1.25 bits per heavy atom. The summed E-state index contributed by atoms with van der Waals surface area (Å²) in [5.41, 5.74) is 1.40. The molecule has 0 spiro atoms. The molecule has 2 aliphatic heterocycles. The molecular formula is C16H21N3O. The van der Waals surface area contributed by atoms with E-state index in [1.54, 1.807) is 0 Å². The molecule has 1 aromatic rings. The monoisotopic (exact) mass is 271 g/mol. The average Bonchev–Trinajstić information content (AvgIpc) is 3.03. The molecule has 1 aromatic carbocycles. The normalized spacial score (nSPS) is 19.6. The van der Waals surface area contributed by atoms with E-state index < -0.39 is 0 Å². The largest absolute Gasteiger partial charge is 0.364 e. The summed E-state index contributed by atoms with van der Waals surface area (Å²) in [5.74, 6) is 1.34. The Hall–Kier alpha value is -1.84. The summed E-state index contributed by atoms with van der Waals surface area (Å²) in [4.78, 5) is 18.4. The predicted octanol–water partition coefficient (Wildman–Crippen LogP) is 1.47. The highest BCUT2D eigenvalue weighted by atomic mass is 16.2. The van der Waals surface area contributed by atoms with Crippen molar-refractivity contribution in [3.05, 3.63) is 35.9 Å². The Labute approximate surface area is 119 Å². The van der Waals surface area contributed by atoms with E-state index in [1.807, 2.05) is 4.90 Å². The summed E-state index contributed by atoms with van der Waals surface area (Å²) in [6.07, 6.45) is 3.31. The lowest BCUT2D eigenvalue weighted by Gasteiger charge is -2.32. The van der Waals surface area contributed by atoms with E-state index in [4.69, 9.17) is 0 Å². The Morgan fingerprint density at radius 2 is 2.00 bits per heavy atom. The van der Waals surface area contributed by atoms with Gasteiger partial charge in [0.25, 0.3) is 5.91 Å². The maximum Gasteiger partial charge on any atom is 0.288 e. The molecule has 106 valence electrons. The standard InChI is InChI=1S/C16H21N3O/c20-16(15-17-8-9-18-15)19-10-6-14(7-11-19)12-13-4-2-1-3-5-13/h1-5,14H,6-12H2,(H,17,18). The number of rotatable bonds is 3. The third-order valence-corrected chi connectivity index (χ3v) is 4.15. The number of piperidine rings is 1. The van der Waals surface area contributed by atoms with Gasteiger partial charge in [-0.1, -0.05) is 30.3 Å². The van der Waals surface area contributed by atoms with Crippen LogP contribution in [-0.4, -0.2) is 42.8 Å². The molecular weight excluding hydrogens is 250 g/mol. The van der Waals surface area contributed by atoms with Crippen molar-refractivity contribution in [2.75, 3.05) is 26.2 Å². The minimum Gasteiger partial charge on any atom is -0.364 e. The van der Waals surface area contributed by atoms with Crippen LogP contribution in [0.15, 0.2) is 35.3 Å². The SMILES string of the molecule is O=C(C1=NCCN1)N1CCC(Cc2ccccc2)CC1. The van der Waals surface area contributed by atoms with E-state index in [-0.39, 0.29) is 5.91 Å². The number of likely N-dealkylation sites (tertiary alicyclic amines) is 1. The molecule has 0 bridgehead atoms. The molecule has 1 fully saturated rings. The second kappa shape index (κ2) is 6.07. The topological polar surface area (TPSA) is 44.7 Å². The van der Waals surface area contributed by atoms with Gasteiger partial charge in [0.15, 0.2) is 5.84 Å². The van der Waals surface area contributed by atoms with Gasteiger partial charge in [0, 0.05) is 19.6 Å². The first-order chi connectivity index (χ1) is 9.83. The van der Waals surface area contributed by atoms with Crippen molar-refractivity contribution in [1.82, 2.24) is 10.2 Å². The van der Waals surface area contributed by atoms with E-state index in [9.17, 15) is 4.79 Å². The first kappa shape index (κ1) is 13.2. The van der Waals surface area contributed by atoms with Crippen LogP contribution in [0.4, 0.5) is 0 Å². The van der Waals surface area contributed by atoms with E-state index in [2.05, 4.69) is 40.6 Å². The Kier molecular flexibility index (Phi) is 4.00. The van der Waals surface area contributed by atoms with Crippen LogP contribution in [0.3, 0.4) is 0 Å². The quantitative estimate of drug-likeness (QED) is 0.905. The van der Waals surface area contributed by atoms with Gasteiger partial charge in [-0.15, -0.1) is 0 Å². The van der Waals surface area contributed by atoms with Gasteiger partial charge in [-0.05, 0) is 30.7 Å². The summed E-state index contributed by atoms with van der Waals surface area (Å²) in [6.45, 7) is 3.24. The fraction of sp³-hybridized carbons (Fsp3) is 0.500. The van der Waals surface area contributed by atoms with Gasteiger partial charge in [-0.2, -0.15) is 0 Å². The maximum absolute atomic E-state index is 12.2. The average molecular weight is 271 g/mol. The fourth-order valence-electron chi connectivity index (χ4n) is 2.98. The second-order valence-corrected chi connectivity index (χ2v) is 5.58. The number of hydrogen-bond donors (Lipinski definition) is 1. The number of hydrogen-bond acceptors (Lipinski definition) is 3. The molecule has 1 N–H and O–H groups in total. The van der Waals surface area contributed by atoms with Gasteiger partial charge >= 0.3 is 0 Å². The van der Waals surface area contributed by atoms with Gasteiger partial charge < -0.3 is 10.2 Å². The van der Waals surface area contributed by atoms with Crippen LogP contribution in [0.1, 0.15) is 18.4 Å². The van der Waals surface area contributed by atoms with Crippen molar-refractivity contribution >= 4 is 11.7 Å². The minimum absolute atomic E-state index is 0.0839. The van der Waals surface area contributed by atoms with Crippen LogP contribution in [0.25, 0.3) is 0 Å². The van der Waals surface area contributed by atoms with Gasteiger partial charge in [-0.3, -0.25) is 9.79 Å². The van der Waals surface area contributed by atoms with Crippen LogP contribution < -0.4 is 5.32 Å². The van der Waals surface area contributed by atoms with Gasteiger partial charge in [-0.25, -0.2) is 0 Å². The first-order valence-electron chi connectivity index (χ1n) is 7.44. The Bertz CT molecular complexity index is 490. The van der Waals surface area contributed by atoms with Gasteiger partial charge in [0.2, 0.25) is 0 Å². The molecule has 0 aromatic heterocycles. The summed E-state index contributed by atoms with van der Waals surface area (Å²) >= 11 is 0. The third-order valence-electron chi connectivity index (χ3n) is 4.15. The van der Waals surface area contributed by atoms with Crippen molar-refractivity contribution in [3.63, 3.8) is 0 Å². The van der Waals surface area contributed by atoms with Gasteiger partial charge in [0.05, 0.1) is 6.54 Å². The van der Waals surface area contributed by atoms with Crippen LogP contribution in [0.2, 0.25) is 0 Å². The van der Waals surface area contributed by atoms with Gasteiger partial charge in [0.1, 0.15) is 0 Å². The lowest BCUT2D eigenvalue weighted by Crippen LogP contribution is -2.45. The number of amidine groups is 1.